The molecular weight excluding hydrogens is 208 g/mol. The van der Waals surface area contributed by atoms with Crippen LogP contribution in [0.15, 0.2) is 47.5 Å². The van der Waals surface area contributed by atoms with Crippen LogP contribution in [0.3, 0.4) is 0 Å². The number of halogens is 1. The summed E-state index contributed by atoms with van der Waals surface area (Å²) in [5.74, 6) is 0. The first-order chi connectivity index (χ1) is 7.36. The van der Waals surface area contributed by atoms with Crippen LogP contribution in [-0.2, 0) is 4.74 Å². The van der Waals surface area contributed by atoms with Gasteiger partial charge in [0.1, 0.15) is 6.10 Å². The first kappa shape index (κ1) is 8.81. The summed E-state index contributed by atoms with van der Waals surface area (Å²) in [6, 6.07) is 8.12. The van der Waals surface area contributed by atoms with Crippen LogP contribution in [-0.4, -0.2) is 6.10 Å². The van der Waals surface area contributed by atoms with Crippen molar-refractivity contribution < 1.29 is 4.74 Å². The summed E-state index contributed by atoms with van der Waals surface area (Å²) in [4.78, 5) is 0. The Morgan fingerprint density at radius 1 is 1.20 bits per heavy atom. The number of fused-ring (bicyclic) bond motifs is 2. The fourth-order valence-corrected chi connectivity index (χ4v) is 2.23. The SMILES string of the molecule is ClC1=CC=CC2OC=c3ccccc3=C12. The van der Waals surface area contributed by atoms with Crippen LogP contribution in [0.1, 0.15) is 0 Å². The maximum Gasteiger partial charge on any atom is 0.143 e. The van der Waals surface area contributed by atoms with E-state index < -0.39 is 0 Å². The third kappa shape index (κ3) is 1.31. The molecular formula is C13H9ClO. The third-order valence-electron chi connectivity index (χ3n) is 2.66. The molecule has 0 saturated heterocycles. The van der Waals surface area contributed by atoms with Crippen LogP contribution in [0.25, 0.3) is 11.8 Å². The van der Waals surface area contributed by atoms with E-state index in [1.807, 2.05) is 36.4 Å². The zero-order valence-corrected chi connectivity index (χ0v) is 8.74. The third-order valence-corrected chi connectivity index (χ3v) is 2.99. The first-order valence-electron chi connectivity index (χ1n) is 4.85. The molecule has 2 heteroatoms. The minimum Gasteiger partial charge on any atom is -0.488 e. The van der Waals surface area contributed by atoms with E-state index in [0.29, 0.717) is 0 Å². The minimum absolute atomic E-state index is 0.0302. The minimum atomic E-state index is -0.0302. The van der Waals surface area contributed by atoms with Gasteiger partial charge in [0.15, 0.2) is 0 Å². The van der Waals surface area contributed by atoms with E-state index in [4.69, 9.17) is 16.3 Å². The monoisotopic (exact) mass is 216 g/mol. The molecule has 0 fully saturated rings. The average Bonchev–Trinajstić information content (AvgIpc) is 2.29. The molecule has 1 nitrogen and oxygen atoms in total. The number of ether oxygens (including phenoxy) is 1. The maximum absolute atomic E-state index is 6.20. The summed E-state index contributed by atoms with van der Waals surface area (Å²) in [5.41, 5.74) is 1.07. The van der Waals surface area contributed by atoms with Gasteiger partial charge in [0.05, 0.1) is 6.26 Å². The molecule has 1 atom stereocenters. The topological polar surface area (TPSA) is 9.23 Å². The Morgan fingerprint density at radius 2 is 2.07 bits per heavy atom. The molecule has 3 rings (SSSR count). The maximum atomic E-state index is 6.20. The standard InChI is InChI=1S/C13H9ClO/c14-11-6-3-7-12-13(11)10-5-2-1-4-9(10)8-15-12/h1-8,12H. The van der Waals surface area contributed by atoms with E-state index in [1.165, 1.54) is 5.22 Å². The van der Waals surface area contributed by atoms with E-state index in [2.05, 4.69) is 6.07 Å². The van der Waals surface area contributed by atoms with E-state index in [0.717, 1.165) is 15.8 Å². The molecule has 0 bridgehead atoms. The van der Waals surface area contributed by atoms with Crippen molar-refractivity contribution in [1.29, 1.82) is 0 Å². The summed E-state index contributed by atoms with van der Waals surface area (Å²) in [7, 11) is 0. The van der Waals surface area contributed by atoms with E-state index >= 15 is 0 Å². The van der Waals surface area contributed by atoms with Gasteiger partial charge in [0.25, 0.3) is 0 Å². The van der Waals surface area contributed by atoms with Crippen LogP contribution in [0.4, 0.5) is 0 Å². The number of benzene rings is 1. The highest BCUT2D eigenvalue weighted by Crippen LogP contribution is 2.26. The smallest absolute Gasteiger partial charge is 0.143 e. The highest BCUT2D eigenvalue weighted by Gasteiger charge is 2.20. The van der Waals surface area contributed by atoms with Gasteiger partial charge in [-0.3, -0.25) is 0 Å². The largest absolute Gasteiger partial charge is 0.488 e. The van der Waals surface area contributed by atoms with Gasteiger partial charge < -0.3 is 4.74 Å². The van der Waals surface area contributed by atoms with Gasteiger partial charge in [0, 0.05) is 15.8 Å². The Labute approximate surface area is 92.6 Å². The molecule has 0 N–H and O–H groups in total. The molecule has 15 heavy (non-hydrogen) atoms. The van der Waals surface area contributed by atoms with Crippen molar-refractivity contribution in [1.82, 2.24) is 0 Å². The van der Waals surface area contributed by atoms with Crippen LogP contribution in [0.2, 0.25) is 0 Å². The van der Waals surface area contributed by atoms with Crippen molar-refractivity contribution in [2.75, 3.05) is 0 Å². The van der Waals surface area contributed by atoms with Gasteiger partial charge in [-0.1, -0.05) is 41.9 Å². The second kappa shape index (κ2) is 3.28. The molecule has 0 spiro atoms. The molecule has 1 aliphatic carbocycles. The molecule has 2 aliphatic rings. The zero-order chi connectivity index (χ0) is 10.3. The van der Waals surface area contributed by atoms with Crippen molar-refractivity contribution in [2.24, 2.45) is 0 Å². The summed E-state index contributed by atoms with van der Waals surface area (Å²) in [5, 5.41) is 3.02. The summed E-state index contributed by atoms with van der Waals surface area (Å²) < 4.78 is 5.60. The second-order valence-corrected chi connectivity index (χ2v) is 3.98. The zero-order valence-electron chi connectivity index (χ0n) is 7.98. The Kier molecular flexibility index (Phi) is 1.93. The molecule has 74 valence electrons. The van der Waals surface area contributed by atoms with Crippen molar-refractivity contribution in [2.45, 2.75) is 6.10 Å². The molecule has 1 unspecified atom stereocenters. The Bertz CT molecular complexity index is 581. The van der Waals surface area contributed by atoms with Crippen molar-refractivity contribution in [3.63, 3.8) is 0 Å². The van der Waals surface area contributed by atoms with Crippen molar-refractivity contribution >= 4 is 23.4 Å². The summed E-state index contributed by atoms with van der Waals surface area (Å²) in [6.07, 6.45) is 7.60. The van der Waals surface area contributed by atoms with Gasteiger partial charge in [-0.05, 0) is 17.4 Å². The Morgan fingerprint density at radius 3 is 3.00 bits per heavy atom. The molecule has 0 aromatic heterocycles. The fourth-order valence-electron chi connectivity index (χ4n) is 1.95. The second-order valence-electron chi connectivity index (χ2n) is 3.57. The van der Waals surface area contributed by atoms with Crippen LogP contribution in [0, 0.1) is 0 Å². The Hall–Kier alpha value is -1.47. The molecule has 1 aromatic carbocycles. The van der Waals surface area contributed by atoms with Crippen LogP contribution < -0.4 is 10.4 Å². The van der Waals surface area contributed by atoms with E-state index in [-0.39, 0.29) is 6.10 Å². The molecule has 0 amide bonds. The van der Waals surface area contributed by atoms with E-state index in [9.17, 15) is 0 Å². The van der Waals surface area contributed by atoms with Crippen molar-refractivity contribution in [3.05, 3.63) is 58.0 Å². The predicted octanol–water partition coefficient (Wildman–Crippen LogP) is 1.67. The van der Waals surface area contributed by atoms with Gasteiger partial charge >= 0.3 is 0 Å². The summed E-state index contributed by atoms with van der Waals surface area (Å²) >= 11 is 6.20. The normalized spacial score (nSPS) is 22.1. The lowest BCUT2D eigenvalue weighted by Gasteiger charge is -2.22. The number of hydrogen-bond acceptors (Lipinski definition) is 1. The lowest BCUT2D eigenvalue weighted by Crippen LogP contribution is -2.35. The van der Waals surface area contributed by atoms with Gasteiger partial charge in [-0.25, -0.2) is 0 Å². The lowest BCUT2D eigenvalue weighted by molar-refractivity contribution is 0.275. The average molecular weight is 217 g/mol. The van der Waals surface area contributed by atoms with Gasteiger partial charge in [-0.15, -0.1) is 0 Å². The number of allylic oxidation sites excluding steroid dienone is 2. The lowest BCUT2D eigenvalue weighted by atomic mass is 9.99. The first-order valence-corrected chi connectivity index (χ1v) is 5.23. The number of hydrogen-bond donors (Lipinski definition) is 0. The van der Waals surface area contributed by atoms with Crippen LogP contribution >= 0.6 is 11.6 Å². The summed E-state index contributed by atoms with van der Waals surface area (Å²) in [6.45, 7) is 0. The predicted molar refractivity (Wildman–Crippen MR) is 61.5 cm³/mol. The highest BCUT2D eigenvalue weighted by atomic mass is 35.5. The molecule has 0 saturated carbocycles. The quantitative estimate of drug-likeness (QED) is 0.641. The number of rotatable bonds is 0. The fraction of sp³-hybridized carbons (Fsp3) is 0.0769. The van der Waals surface area contributed by atoms with Crippen LogP contribution in [0.5, 0.6) is 0 Å². The van der Waals surface area contributed by atoms with Crippen molar-refractivity contribution in [3.8, 4) is 0 Å². The highest BCUT2D eigenvalue weighted by molar-refractivity contribution is 6.36. The molecule has 0 radical (unpaired) electrons. The molecule has 1 aliphatic heterocycles. The molecule has 1 aromatic rings. The van der Waals surface area contributed by atoms with Gasteiger partial charge in [0.2, 0.25) is 0 Å². The Balaban J connectivity index is 2.42. The van der Waals surface area contributed by atoms with Gasteiger partial charge in [-0.2, -0.15) is 0 Å². The molecule has 1 heterocycles. The van der Waals surface area contributed by atoms with E-state index in [1.54, 1.807) is 6.26 Å².